The van der Waals surface area contributed by atoms with E-state index in [1.807, 2.05) is 0 Å². The van der Waals surface area contributed by atoms with Crippen LogP contribution in [0, 0.1) is 0 Å². The van der Waals surface area contributed by atoms with Crippen molar-refractivity contribution in [2.45, 2.75) is 104 Å². The zero-order valence-corrected chi connectivity index (χ0v) is 21.0. The van der Waals surface area contributed by atoms with Gasteiger partial charge in [-0.05, 0) is 79.9 Å². The predicted octanol–water partition coefficient (Wildman–Crippen LogP) is 5.45. The van der Waals surface area contributed by atoms with Crippen molar-refractivity contribution >= 4 is 5.91 Å². The Balaban J connectivity index is 3.58. The first kappa shape index (κ1) is 28.4. The number of hydrogen-bond donors (Lipinski definition) is 1. The molecule has 0 aliphatic heterocycles. The Morgan fingerprint density at radius 2 is 1.12 bits per heavy atom. The minimum atomic E-state index is -4.57. The molecule has 0 heterocycles. The minimum absolute atomic E-state index is 0.0140. The van der Waals surface area contributed by atoms with Crippen LogP contribution >= 0.6 is 0 Å². The monoisotopic (exact) mass is 457 g/mol. The van der Waals surface area contributed by atoms with E-state index in [0.29, 0.717) is 13.1 Å². The Morgan fingerprint density at radius 1 is 0.781 bits per heavy atom. The molecule has 184 valence electrons. The Bertz CT molecular complexity index is 689. The lowest BCUT2D eigenvalue weighted by molar-refractivity contribution is -0.139. The smallest absolute Gasteiger partial charge is 0.369 e. The van der Waals surface area contributed by atoms with Gasteiger partial charge in [0.15, 0.2) is 0 Å². The van der Waals surface area contributed by atoms with Crippen LogP contribution in [-0.2, 0) is 16.4 Å². The van der Waals surface area contributed by atoms with E-state index in [2.05, 4.69) is 65.2 Å². The Hall–Kier alpha value is -1.60. The summed E-state index contributed by atoms with van der Waals surface area (Å²) >= 11 is 0. The van der Waals surface area contributed by atoms with Crippen LogP contribution in [0.1, 0.15) is 79.4 Å². The molecular weight excluding hydrogens is 415 g/mol. The number of hydrogen-bond acceptors (Lipinski definition) is 3. The van der Waals surface area contributed by atoms with E-state index in [9.17, 15) is 18.0 Å². The average Bonchev–Trinajstić information content (AvgIpc) is 2.64. The number of nitrogens with two attached hydrogens (primary N) is 1. The molecule has 0 saturated carbocycles. The summed E-state index contributed by atoms with van der Waals surface area (Å²) in [5.41, 5.74) is 3.74. The van der Waals surface area contributed by atoms with Gasteiger partial charge in [-0.25, -0.2) is 0 Å². The molecule has 0 aliphatic carbocycles. The van der Waals surface area contributed by atoms with Crippen LogP contribution in [0.15, 0.2) is 24.3 Å². The molecule has 0 spiro atoms. The number of carbonyl (C=O) groups is 1. The molecule has 4 nitrogen and oxygen atoms in total. The first-order chi connectivity index (χ1) is 14.6. The summed E-state index contributed by atoms with van der Waals surface area (Å²) in [7, 11) is 0. The summed E-state index contributed by atoms with van der Waals surface area (Å²) in [6, 6.07) is 6.19. The molecule has 2 N–H and O–H groups in total. The lowest BCUT2D eigenvalue weighted by atomic mass is 9.71. The molecule has 0 atom stereocenters. The van der Waals surface area contributed by atoms with E-state index in [1.165, 1.54) is 12.1 Å². The molecule has 0 saturated heterocycles. The van der Waals surface area contributed by atoms with E-state index >= 15 is 0 Å². The number of benzene rings is 1. The van der Waals surface area contributed by atoms with Crippen LogP contribution in [0.2, 0.25) is 0 Å². The molecule has 7 heteroatoms. The molecule has 1 aromatic rings. The molecule has 0 fully saturated rings. The van der Waals surface area contributed by atoms with Gasteiger partial charge in [0, 0.05) is 37.3 Å². The summed E-state index contributed by atoms with van der Waals surface area (Å²) in [4.78, 5) is 17.4. The van der Waals surface area contributed by atoms with Crippen LogP contribution < -0.4 is 5.73 Å². The third kappa shape index (κ3) is 6.95. The highest BCUT2D eigenvalue weighted by atomic mass is 19.4. The van der Waals surface area contributed by atoms with Crippen LogP contribution in [0.3, 0.4) is 0 Å². The molecule has 1 rings (SSSR count). The number of carbonyl (C=O) groups excluding carboxylic acids is 1. The second kappa shape index (κ2) is 11.5. The van der Waals surface area contributed by atoms with Gasteiger partial charge in [0.1, 0.15) is 0 Å². The summed E-state index contributed by atoms with van der Waals surface area (Å²) < 4.78 is 41.9. The molecule has 0 radical (unpaired) electrons. The van der Waals surface area contributed by atoms with Gasteiger partial charge in [-0.3, -0.25) is 14.6 Å². The zero-order chi connectivity index (χ0) is 24.9. The molecule has 0 aliphatic rings. The maximum Gasteiger partial charge on any atom is 0.416 e. The number of primary amides is 1. The molecule has 0 unspecified atom stereocenters. The fourth-order valence-electron chi connectivity index (χ4n) is 4.79. The molecule has 32 heavy (non-hydrogen) atoms. The van der Waals surface area contributed by atoms with E-state index in [0.717, 1.165) is 6.07 Å². The number of amides is 1. The molecule has 0 bridgehead atoms. The van der Waals surface area contributed by atoms with Gasteiger partial charge in [0.25, 0.3) is 0 Å². The zero-order valence-electron chi connectivity index (χ0n) is 21.0. The van der Waals surface area contributed by atoms with Crippen molar-refractivity contribution in [3.05, 3.63) is 35.4 Å². The molecule has 0 aromatic heterocycles. The highest BCUT2D eigenvalue weighted by Gasteiger charge is 2.45. The van der Waals surface area contributed by atoms with Gasteiger partial charge < -0.3 is 5.73 Å². The normalized spacial score (nSPS) is 13.4. The fraction of sp³-hybridized carbons (Fsp3) is 0.720. The van der Waals surface area contributed by atoms with Gasteiger partial charge >= 0.3 is 6.18 Å². The number of alkyl halides is 3. The average molecular weight is 458 g/mol. The van der Waals surface area contributed by atoms with Crippen molar-refractivity contribution in [1.29, 1.82) is 0 Å². The minimum Gasteiger partial charge on any atom is -0.369 e. The quantitative estimate of drug-likeness (QED) is 0.454. The van der Waals surface area contributed by atoms with E-state index < -0.39 is 23.1 Å². The SMILES string of the molecule is CC(C)N(CCC(CCN(C(C)C)C(C)C)(C(N)=O)c1ccccc1C(F)(F)F)C(C)C. The van der Waals surface area contributed by atoms with Gasteiger partial charge in [0.05, 0.1) is 11.0 Å². The van der Waals surface area contributed by atoms with Crippen LogP contribution in [-0.4, -0.2) is 53.0 Å². The van der Waals surface area contributed by atoms with Crippen molar-refractivity contribution in [1.82, 2.24) is 9.80 Å². The van der Waals surface area contributed by atoms with E-state index in [4.69, 9.17) is 5.73 Å². The van der Waals surface area contributed by atoms with Crippen molar-refractivity contribution in [3.8, 4) is 0 Å². The predicted molar refractivity (Wildman–Crippen MR) is 126 cm³/mol. The second-order valence-corrected chi connectivity index (χ2v) is 9.84. The van der Waals surface area contributed by atoms with Crippen LogP contribution in [0.4, 0.5) is 13.2 Å². The number of nitrogens with zero attached hydrogens (tertiary/aromatic N) is 2. The third-order valence-electron chi connectivity index (χ3n) is 6.47. The maximum absolute atomic E-state index is 14.0. The summed E-state index contributed by atoms with van der Waals surface area (Å²) in [5.74, 6) is -0.700. The largest absolute Gasteiger partial charge is 0.416 e. The topological polar surface area (TPSA) is 49.6 Å². The first-order valence-electron chi connectivity index (χ1n) is 11.6. The Labute approximate surface area is 192 Å². The van der Waals surface area contributed by atoms with Crippen molar-refractivity contribution < 1.29 is 18.0 Å². The van der Waals surface area contributed by atoms with Crippen molar-refractivity contribution in [3.63, 3.8) is 0 Å². The van der Waals surface area contributed by atoms with E-state index in [-0.39, 0.29) is 42.6 Å². The molecule has 1 aromatic carbocycles. The third-order valence-corrected chi connectivity index (χ3v) is 6.47. The number of rotatable bonds is 12. The molecule has 1 amide bonds. The lowest BCUT2D eigenvalue weighted by Gasteiger charge is -2.40. The van der Waals surface area contributed by atoms with Crippen molar-refractivity contribution in [2.24, 2.45) is 5.73 Å². The summed E-state index contributed by atoms with van der Waals surface area (Å²) in [6.45, 7) is 17.4. The van der Waals surface area contributed by atoms with Gasteiger partial charge in [-0.2, -0.15) is 13.2 Å². The Kier molecular flexibility index (Phi) is 10.2. The summed E-state index contributed by atoms with van der Waals surface area (Å²) in [6.07, 6.45) is -4.10. The van der Waals surface area contributed by atoms with Gasteiger partial charge in [-0.15, -0.1) is 0 Å². The first-order valence-corrected chi connectivity index (χ1v) is 11.6. The molecular formula is C25H42F3N3O. The van der Waals surface area contributed by atoms with Crippen molar-refractivity contribution in [2.75, 3.05) is 13.1 Å². The summed E-state index contributed by atoms with van der Waals surface area (Å²) in [5, 5.41) is 0. The second-order valence-electron chi connectivity index (χ2n) is 9.84. The van der Waals surface area contributed by atoms with Crippen LogP contribution in [0.25, 0.3) is 0 Å². The van der Waals surface area contributed by atoms with Gasteiger partial charge in [-0.1, -0.05) is 18.2 Å². The highest BCUT2D eigenvalue weighted by molar-refractivity contribution is 5.87. The highest BCUT2D eigenvalue weighted by Crippen LogP contribution is 2.41. The standard InChI is InChI=1S/C25H42F3N3O/c1-17(2)30(18(3)4)15-13-24(23(29)32,14-16-31(19(5)6)20(7)8)21-11-9-10-12-22(21)25(26,27)28/h9-12,17-20H,13-16H2,1-8H3,(H2,29,32). The van der Waals surface area contributed by atoms with Crippen LogP contribution in [0.5, 0.6) is 0 Å². The lowest BCUT2D eigenvalue weighted by Crippen LogP contribution is -2.50. The Morgan fingerprint density at radius 3 is 1.41 bits per heavy atom. The fourth-order valence-corrected chi connectivity index (χ4v) is 4.79. The van der Waals surface area contributed by atoms with Gasteiger partial charge in [0.2, 0.25) is 5.91 Å². The number of halogens is 3. The maximum atomic E-state index is 14.0. The van der Waals surface area contributed by atoms with E-state index in [1.54, 1.807) is 6.07 Å².